The van der Waals surface area contributed by atoms with E-state index in [1.54, 1.807) is 18.2 Å². The predicted octanol–water partition coefficient (Wildman–Crippen LogP) is 6.38. The molecule has 2 N–H and O–H groups in total. The number of hydrogen-bond acceptors (Lipinski definition) is 3. The Hall–Kier alpha value is -2.04. The molecule has 0 aliphatic heterocycles. The van der Waals surface area contributed by atoms with Gasteiger partial charge in [-0.05, 0) is 40.0 Å². The summed E-state index contributed by atoms with van der Waals surface area (Å²) in [5, 5.41) is 15.6. The summed E-state index contributed by atoms with van der Waals surface area (Å²) in [6.45, 7) is 12.4. The monoisotopic (exact) mass is 448 g/mol. The second-order valence-electron chi connectivity index (χ2n) is 9.48. The van der Waals surface area contributed by atoms with E-state index in [4.69, 9.17) is 23.2 Å². The Labute approximate surface area is 189 Å². The number of rotatable bonds is 5. The SMILES string of the molecule is CC(C)(C)c1cc(CCC(=O)N/N=C/c2cccc(Cl)c2Cl)cc(C(C)(C)C)c1O. The lowest BCUT2D eigenvalue weighted by atomic mass is 9.78. The van der Waals surface area contributed by atoms with Crippen molar-refractivity contribution >= 4 is 35.3 Å². The third kappa shape index (κ3) is 6.23. The molecule has 2 rings (SSSR count). The van der Waals surface area contributed by atoms with Crippen LogP contribution < -0.4 is 5.43 Å². The highest BCUT2D eigenvalue weighted by Crippen LogP contribution is 2.40. The summed E-state index contributed by atoms with van der Waals surface area (Å²) in [5.74, 6) is 0.137. The van der Waals surface area contributed by atoms with Gasteiger partial charge in [-0.15, -0.1) is 0 Å². The van der Waals surface area contributed by atoms with E-state index in [-0.39, 0.29) is 23.2 Å². The minimum absolute atomic E-state index is 0.202. The third-order valence-electron chi connectivity index (χ3n) is 4.80. The Bertz CT molecular complexity index is 920. The maximum absolute atomic E-state index is 12.3. The average molecular weight is 449 g/mol. The number of nitrogens with zero attached hydrogens (tertiary/aromatic N) is 1. The van der Waals surface area contributed by atoms with Crippen molar-refractivity contribution < 1.29 is 9.90 Å². The molecule has 0 aromatic heterocycles. The number of carbonyl (C=O) groups excluding carboxylic acids is 1. The summed E-state index contributed by atoms with van der Waals surface area (Å²) in [4.78, 5) is 12.3. The van der Waals surface area contributed by atoms with E-state index in [0.29, 0.717) is 27.8 Å². The molecular weight excluding hydrogens is 419 g/mol. The van der Waals surface area contributed by atoms with E-state index >= 15 is 0 Å². The molecule has 0 unspecified atom stereocenters. The van der Waals surface area contributed by atoms with Crippen molar-refractivity contribution in [2.24, 2.45) is 5.10 Å². The van der Waals surface area contributed by atoms with Gasteiger partial charge in [-0.2, -0.15) is 5.10 Å². The van der Waals surface area contributed by atoms with Crippen LogP contribution in [0.5, 0.6) is 5.75 Å². The summed E-state index contributed by atoms with van der Waals surface area (Å²) in [5.41, 5.74) is 5.54. The smallest absolute Gasteiger partial charge is 0.240 e. The molecule has 1 amide bonds. The van der Waals surface area contributed by atoms with Gasteiger partial charge in [-0.3, -0.25) is 4.79 Å². The van der Waals surface area contributed by atoms with Gasteiger partial charge in [0.25, 0.3) is 0 Å². The summed E-state index contributed by atoms with van der Waals surface area (Å²) in [6, 6.07) is 9.21. The van der Waals surface area contributed by atoms with E-state index in [2.05, 4.69) is 52.1 Å². The van der Waals surface area contributed by atoms with Gasteiger partial charge in [-0.1, -0.05) is 89.0 Å². The number of phenolic OH excluding ortho intramolecular Hbond substituents is 1. The molecule has 0 saturated carbocycles. The molecule has 162 valence electrons. The molecule has 0 saturated heterocycles. The molecule has 0 fully saturated rings. The first kappa shape index (κ1) is 24.2. The van der Waals surface area contributed by atoms with Crippen molar-refractivity contribution in [2.45, 2.75) is 65.2 Å². The molecule has 0 atom stereocenters. The highest BCUT2D eigenvalue weighted by molar-refractivity contribution is 6.43. The van der Waals surface area contributed by atoms with Crippen LogP contribution in [0.3, 0.4) is 0 Å². The Kier molecular flexibility index (Phi) is 7.59. The van der Waals surface area contributed by atoms with Gasteiger partial charge in [0.05, 0.1) is 16.3 Å². The molecule has 0 aliphatic rings. The number of aromatic hydroxyl groups is 1. The van der Waals surface area contributed by atoms with E-state index in [1.807, 2.05) is 12.1 Å². The van der Waals surface area contributed by atoms with E-state index in [0.717, 1.165) is 16.7 Å². The molecule has 30 heavy (non-hydrogen) atoms. The highest BCUT2D eigenvalue weighted by atomic mass is 35.5. The van der Waals surface area contributed by atoms with Crippen molar-refractivity contribution in [3.8, 4) is 5.75 Å². The Morgan fingerprint density at radius 2 is 1.63 bits per heavy atom. The maximum Gasteiger partial charge on any atom is 0.240 e. The number of phenols is 1. The fraction of sp³-hybridized carbons (Fsp3) is 0.417. The van der Waals surface area contributed by atoms with Gasteiger partial charge in [0.15, 0.2) is 0 Å². The van der Waals surface area contributed by atoms with Crippen LogP contribution in [0, 0.1) is 0 Å². The number of carbonyl (C=O) groups is 1. The highest BCUT2D eigenvalue weighted by Gasteiger charge is 2.26. The van der Waals surface area contributed by atoms with Gasteiger partial charge in [-0.25, -0.2) is 5.43 Å². The van der Waals surface area contributed by atoms with E-state index in [1.165, 1.54) is 6.21 Å². The number of nitrogens with one attached hydrogen (secondary N) is 1. The minimum atomic E-state index is -0.205. The van der Waals surface area contributed by atoms with E-state index in [9.17, 15) is 9.90 Å². The standard InChI is InChI=1S/C24H30Cl2N2O2/c1-23(2,3)17-12-15(13-18(22(17)30)24(4,5)6)10-11-20(29)28-27-14-16-8-7-9-19(25)21(16)26/h7-9,12-14,30H,10-11H2,1-6H3,(H,28,29)/b27-14+. The Morgan fingerprint density at radius 1 is 1.07 bits per heavy atom. The summed E-state index contributed by atoms with van der Waals surface area (Å²) in [6.07, 6.45) is 2.30. The number of benzene rings is 2. The van der Waals surface area contributed by atoms with Crippen LogP contribution in [-0.4, -0.2) is 17.2 Å². The molecule has 0 spiro atoms. The molecule has 0 radical (unpaired) electrons. The lowest BCUT2D eigenvalue weighted by Crippen LogP contribution is -2.20. The van der Waals surface area contributed by atoms with Crippen LogP contribution in [0.4, 0.5) is 0 Å². The molecule has 2 aromatic rings. The van der Waals surface area contributed by atoms with Crippen LogP contribution >= 0.6 is 23.2 Å². The molecule has 4 nitrogen and oxygen atoms in total. The maximum atomic E-state index is 12.3. The second kappa shape index (κ2) is 9.40. The summed E-state index contributed by atoms with van der Waals surface area (Å²) >= 11 is 12.1. The normalized spacial score (nSPS) is 12.4. The topological polar surface area (TPSA) is 61.7 Å². The zero-order chi connectivity index (χ0) is 22.7. The molecular formula is C24H30Cl2N2O2. The average Bonchev–Trinajstić information content (AvgIpc) is 2.62. The first-order chi connectivity index (χ1) is 13.8. The van der Waals surface area contributed by atoms with Crippen LogP contribution in [0.25, 0.3) is 0 Å². The Morgan fingerprint density at radius 3 is 2.17 bits per heavy atom. The number of hydrazone groups is 1. The van der Waals surface area contributed by atoms with E-state index < -0.39 is 0 Å². The molecule has 0 bridgehead atoms. The van der Waals surface area contributed by atoms with Crippen molar-refractivity contribution in [1.29, 1.82) is 0 Å². The van der Waals surface area contributed by atoms with Crippen LogP contribution in [-0.2, 0) is 22.0 Å². The summed E-state index contributed by atoms with van der Waals surface area (Å²) < 4.78 is 0. The fourth-order valence-electron chi connectivity index (χ4n) is 3.09. The summed E-state index contributed by atoms with van der Waals surface area (Å²) in [7, 11) is 0. The third-order valence-corrected chi connectivity index (χ3v) is 5.63. The van der Waals surface area contributed by atoms with Gasteiger partial charge < -0.3 is 5.11 Å². The molecule has 0 aliphatic carbocycles. The second-order valence-corrected chi connectivity index (χ2v) is 10.3. The lowest BCUT2D eigenvalue weighted by Gasteiger charge is -2.28. The van der Waals surface area contributed by atoms with Crippen LogP contribution in [0.2, 0.25) is 10.0 Å². The zero-order valence-corrected chi connectivity index (χ0v) is 19.9. The van der Waals surface area contributed by atoms with Gasteiger partial charge in [0, 0.05) is 12.0 Å². The first-order valence-electron chi connectivity index (χ1n) is 9.93. The predicted molar refractivity (Wildman–Crippen MR) is 126 cm³/mol. The minimum Gasteiger partial charge on any atom is -0.507 e. The molecule has 6 heteroatoms. The van der Waals surface area contributed by atoms with Gasteiger partial charge in [0.2, 0.25) is 5.91 Å². The van der Waals surface area contributed by atoms with Crippen molar-refractivity contribution in [3.05, 3.63) is 62.6 Å². The van der Waals surface area contributed by atoms with Crippen LogP contribution in [0.15, 0.2) is 35.4 Å². The molecule has 2 aromatic carbocycles. The van der Waals surface area contributed by atoms with Gasteiger partial charge in [0.1, 0.15) is 5.75 Å². The van der Waals surface area contributed by atoms with Crippen LogP contribution in [0.1, 0.15) is 70.2 Å². The number of amides is 1. The lowest BCUT2D eigenvalue weighted by molar-refractivity contribution is -0.121. The number of halogens is 2. The zero-order valence-electron chi connectivity index (χ0n) is 18.4. The van der Waals surface area contributed by atoms with Crippen molar-refractivity contribution in [3.63, 3.8) is 0 Å². The number of hydrogen-bond donors (Lipinski definition) is 2. The van der Waals surface area contributed by atoms with Crippen molar-refractivity contribution in [1.82, 2.24) is 5.43 Å². The fourth-order valence-corrected chi connectivity index (χ4v) is 3.45. The molecule has 0 heterocycles. The quantitative estimate of drug-likeness (QED) is 0.411. The Balaban J connectivity index is 2.12. The largest absolute Gasteiger partial charge is 0.507 e. The van der Waals surface area contributed by atoms with Crippen molar-refractivity contribution in [2.75, 3.05) is 0 Å². The first-order valence-corrected chi connectivity index (χ1v) is 10.7. The van der Waals surface area contributed by atoms with Gasteiger partial charge >= 0.3 is 0 Å². The number of aryl methyl sites for hydroxylation is 1.